The molecule has 0 spiro atoms. The van der Waals surface area contributed by atoms with E-state index in [1.807, 2.05) is 47.4 Å². The van der Waals surface area contributed by atoms with Crippen LogP contribution in [0.3, 0.4) is 0 Å². The van der Waals surface area contributed by atoms with Crippen molar-refractivity contribution in [2.75, 3.05) is 13.1 Å². The molecule has 0 atom stereocenters. The quantitative estimate of drug-likeness (QED) is 0.482. The van der Waals surface area contributed by atoms with Gasteiger partial charge in [-0.15, -0.1) is 10.2 Å². The Labute approximate surface area is 174 Å². The van der Waals surface area contributed by atoms with E-state index in [0.717, 1.165) is 29.5 Å². The molecule has 6 nitrogen and oxygen atoms in total. The molecule has 6 heteroatoms. The molecular formula is C24H21N3O3. The average Bonchev–Trinajstić information content (AvgIpc) is 3.52. The number of furan rings is 1. The molecule has 0 N–H and O–H groups in total. The maximum Gasteiger partial charge on any atom is 0.253 e. The number of aromatic nitrogens is 2. The zero-order chi connectivity index (χ0) is 20.3. The normalized spacial score (nSPS) is 14.7. The third-order valence-electron chi connectivity index (χ3n) is 5.58. The first-order chi connectivity index (χ1) is 14.8. The van der Waals surface area contributed by atoms with Crippen LogP contribution in [-0.4, -0.2) is 34.1 Å². The number of rotatable bonds is 4. The second kappa shape index (κ2) is 7.99. The summed E-state index contributed by atoms with van der Waals surface area (Å²) in [6.45, 7) is 1.35. The van der Waals surface area contributed by atoms with Crippen molar-refractivity contribution in [1.82, 2.24) is 15.1 Å². The van der Waals surface area contributed by atoms with E-state index in [1.54, 1.807) is 18.6 Å². The van der Waals surface area contributed by atoms with Crippen LogP contribution in [0.1, 0.15) is 35.0 Å². The smallest absolute Gasteiger partial charge is 0.253 e. The second-order valence-electron chi connectivity index (χ2n) is 7.47. The molecule has 0 unspecified atom stereocenters. The lowest BCUT2D eigenvalue weighted by atomic mass is 9.96. The maximum atomic E-state index is 12.9. The number of hydrogen-bond donors (Lipinski definition) is 0. The van der Waals surface area contributed by atoms with Gasteiger partial charge in [0.15, 0.2) is 0 Å². The number of carbonyl (C=O) groups is 1. The number of amides is 1. The molecule has 2 aromatic carbocycles. The highest BCUT2D eigenvalue weighted by molar-refractivity contribution is 5.94. The van der Waals surface area contributed by atoms with Gasteiger partial charge in [-0.1, -0.05) is 42.5 Å². The minimum Gasteiger partial charge on any atom is -0.472 e. The standard InChI is InChI=1S/C24H21N3O3/c28-24(20-8-6-18(7-9-20)17-4-2-1-3-5-17)27-13-10-19(11-14-27)22-25-26-23(30-22)21-12-15-29-16-21/h1-9,12,15-16,19H,10-11,13-14H2. The van der Waals surface area contributed by atoms with Crippen molar-refractivity contribution in [2.24, 2.45) is 0 Å². The summed E-state index contributed by atoms with van der Waals surface area (Å²) in [4.78, 5) is 14.8. The lowest BCUT2D eigenvalue weighted by Crippen LogP contribution is -2.38. The lowest BCUT2D eigenvalue weighted by molar-refractivity contribution is 0.0706. The molecule has 3 heterocycles. The van der Waals surface area contributed by atoms with E-state index in [9.17, 15) is 4.79 Å². The third-order valence-corrected chi connectivity index (χ3v) is 5.58. The summed E-state index contributed by atoms with van der Waals surface area (Å²) in [5.74, 6) is 1.33. The summed E-state index contributed by atoms with van der Waals surface area (Å²) in [6, 6.07) is 19.8. The van der Waals surface area contributed by atoms with Crippen LogP contribution in [0.2, 0.25) is 0 Å². The zero-order valence-electron chi connectivity index (χ0n) is 16.4. The van der Waals surface area contributed by atoms with Crippen LogP contribution >= 0.6 is 0 Å². The summed E-state index contributed by atoms with van der Waals surface area (Å²) in [5, 5.41) is 8.31. The number of benzene rings is 2. The molecule has 0 bridgehead atoms. The first-order valence-electron chi connectivity index (χ1n) is 10.1. The van der Waals surface area contributed by atoms with Gasteiger partial charge in [0.2, 0.25) is 5.89 Å². The monoisotopic (exact) mass is 399 g/mol. The van der Waals surface area contributed by atoms with Crippen LogP contribution in [-0.2, 0) is 0 Å². The van der Waals surface area contributed by atoms with Crippen LogP contribution in [0, 0.1) is 0 Å². The van der Waals surface area contributed by atoms with E-state index in [-0.39, 0.29) is 11.8 Å². The van der Waals surface area contributed by atoms with Crippen molar-refractivity contribution in [3.63, 3.8) is 0 Å². The molecule has 4 aromatic rings. The Morgan fingerprint density at radius 1 is 0.867 bits per heavy atom. The summed E-state index contributed by atoms with van der Waals surface area (Å²) < 4.78 is 10.9. The summed E-state index contributed by atoms with van der Waals surface area (Å²) in [7, 11) is 0. The average molecular weight is 399 g/mol. The largest absolute Gasteiger partial charge is 0.472 e. The summed E-state index contributed by atoms with van der Waals surface area (Å²) in [6.07, 6.45) is 4.78. The van der Waals surface area contributed by atoms with Gasteiger partial charge in [-0.25, -0.2) is 0 Å². The van der Waals surface area contributed by atoms with E-state index in [0.29, 0.717) is 30.4 Å². The van der Waals surface area contributed by atoms with Crippen molar-refractivity contribution in [3.05, 3.63) is 84.6 Å². The van der Waals surface area contributed by atoms with Crippen molar-refractivity contribution >= 4 is 5.91 Å². The third kappa shape index (κ3) is 3.64. The molecule has 2 aromatic heterocycles. The molecule has 150 valence electrons. The predicted molar refractivity (Wildman–Crippen MR) is 112 cm³/mol. The minimum absolute atomic E-state index is 0.0673. The Balaban J connectivity index is 1.22. The van der Waals surface area contributed by atoms with Gasteiger partial charge in [-0.3, -0.25) is 4.79 Å². The fourth-order valence-electron chi connectivity index (χ4n) is 3.85. The van der Waals surface area contributed by atoms with Crippen molar-refractivity contribution in [1.29, 1.82) is 0 Å². The highest BCUT2D eigenvalue weighted by atomic mass is 16.4. The molecule has 0 radical (unpaired) electrons. The molecule has 0 saturated carbocycles. The van der Waals surface area contributed by atoms with Gasteiger partial charge in [0, 0.05) is 24.6 Å². The molecule has 1 aliphatic heterocycles. The van der Waals surface area contributed by atoms with Crippen LogP contribution in [0.25, 0.3) is 22.6 Å². The minimum atomic E-state index is 0.0673. The summed E-state index contributed by atoms with van der Waals surface area (Å²) >= 11 is 0. The Bertz CT molecular complexity index is 1110. The molecule has 1 amide bonds. The van der Waals surface area contributed by atoms with Crippen LogP contribution in [0.15, 0.2) is 82.0 Å². The van der Waals surface area contributed by atoms with E-state index in [2.05, 4.69) is 22.3 Å². The van der Waals surface area contributed by atoms with E-state index in [1.165, 1.54) is 0 Å². The van der Waals surface area contributed by atoms with Gasteiger partial charge in [0.25, 0.3) is 11.8 Å². The maximum absolute atomic E-state index is 12.9. The molecule has 0 aliphatic carbocycles. The second-order valence-corrected chi connectivity index (χ2v) is 7.47. The molecular weight excluding hydrogens is 378 g/mol. The van der Waals surface area contributed by atoms with E-state index in [4.69, 9.17) is 8.83 Å². The van der Waals surface area contributed by atoms with Gasteiger partial charge < -0.3 is 13.7 Å². The van der Waals surface area contributed by atoms with Gasteiger partial charge >= 0.3 is 0 Å². The molecule has 1 saturated heterocycles. The van der Waals surface area contributed by atoms with Crippen LogP contribution < -0.4 is 0 Å². The first-order valence-corrected chi connectivity index (χ1v) is 10.1. The first kappa shape index (κ1) is 18.4. The Morgan fingerprint density at radius 2 is 1.60 bits per heavy atom. The predicted octanol–water partition coefficient (Wildman–Crippen LogP) is 5.02. The fourth-order valence-corrected chi connectivity index (χ4v) is 3.85. The fraction of sp³-hybridized carbons (Fsp3) is 0.208. The number of nitrogens with zero attached hydrogens (tertiary/aromatic N) is 3. The van der Waals surface area contributed by atoms with Crippen LogP contribution in [0.4, 0.5) is 0 Å². The Kier molecular flexibility index (Phi) is 4.89. The van der Waals surface area contributed by atoms with E-state index < -0.39 is 0 Å². The molecule has 30 heavy (non-hydrogen) atoms. The number of carbonyl (C=O) groups excluding carboxylic acids is 1. The van der Waals surface area contributed by atoms with Crippen molar-refractivity contribution in [2.45, 2.75) is 18.8 Å². The molecule has 1 fully saturated rings. The highest BCUT2D eigenvalue weighted by Gasteiger charge is 2.28. The van der Waals surface area contributed by atoms with Gasteiger partial charge in [-0.2, -0.15) is 0 Å². The Morgan fingerprint density at radius 3 is 2.30 bits per heavy atom. The number of hydrogen-bond acceptors (Lipinski definition) is 5. The number of piperidine rings is 1. The topological polar surface area (TPSA) is 72.4 Å². The van der Waals surface area contributed by atoms with Gasteiger partial charge in [-0.05, 0) is 42.2 Å². The van der Waals surface area contributed by atoms with Gasteiger partial charge in [0.05, 0.1) is 11.8 Å². The van der Waals surface area contributed by atoms with E-state index >= 15 is 0 Å². The van der Waals surface area contributed by atoms with Crippen molar-refractivity contribution < 1.29 is 13.6 Å². The SMILES string of the molecule is O=C(c1ccc(-c2ccccc2)cc1)N1CCC(c2nnc(-c3ccoc3)o2)CC1. The van der Waals surface area contributed by atoms with Crippen molar-refractivity contribution in [3.8, 4) is 22.6 Å². The highest BCUT2D eigenvalue weighted by Crippen LogP contribution is 2.30. The lowest BCUT2D eigenvalue weighted by Gasteiger charge is -2.30. The zero-order valence-corrected chi connectivity index (χ0v) is 16.4. The van der Waals surface area contributed by atoms with Gasteiger partial charge in [0.1, 0.15) is 6.26 Å². The molecule has 1 aliphatic rings. The van der Waals surface area contributed by atoms with Crippen LogP contribution in [0.5, 0.6) is 0 Å². The number of likely N-dealkylation sites (tertiary alicyclic amines) is 1. The summed E-state index contributed by atoms with van der Waals surface area (Å²) in [5.41, 5.74) is 3.75. The Hall–Kier alpha value is -3.67. The molecule has 5 rings (SSSR count).